The van der Waals surface area contributed by atoms with Crippen LogP contribution in [0.4, 0.5) is 0 Å². The molecule has 110 valence electrons. The normalized spacial score (nSPS) is 44.8. The maximum Gasteiger partial charge on any atom is 0.0700 e. The highest BCUT2D eigenvalue weighted by atomic mass is 16.3. The van der Waals surface area contributed by atoms with Crippen molar-refractivity contribution in [3.05, 3.63) is 0 Å². The zero-order chi connectivity index (χ0) is 13.3. The fraction of sp³-hybridized carbons (Fsp3) is 1.00. The zero-order valence-electron chi connectivity index (χ0n) is 12.1. The Labute approximate surface area is 117 Å². The van der Waals surface area contributed by atoms with Crippen molar-refractivity contribution in [2.24, 2.45) is 11.8 Å². The number of rotatable bonds is 2. The zero-order valence-corrected chi connectivity index (χ0v) is 12.1. The van der Waals surface area contributed by atoms with Crippen LogP contribution in [-0.2, 0) is 0 Å². The summed E-state index contributed by atoms with van der Waals surface area (Å²) in [6.45, 7) is 3.13. The van der Waals surface area contributed by atoms with Crippen molar-refractivity contribution in [2.45, 2.75) is 69.5 Å². The molecule has 0 bridgehead atoms. The van der Waals surface area contributed by atoms with Crippen molar-refractivity contribution < 1.29 is 10.2 Å². The van der Waals surface area contributed by atoms with Gasteiger partial charge in [-0.1, -0.05) is 25.7 Å². The first-order chi connectivity index (χ1) is 9.17. The van der Waals surface area contributed by atoms with E-state index in [9.17, 15) is 10.2 Å². The van der Waals surface area contributed by atoms with E-state index in [4.69, 9.17) is 0 Å². The quantitative estimate of drug-likeness (QED) is 0.806. The third-order valence-corrected chi connectivity index (χ3v) is 5.87. The molecule has 2 saturated carbocycles. The van der Waals surface area contributed by atoms with Gasteiger partial charge in [0.05, 0.1) is 11.7 Å². The first-order valence-corrected chi connectivity index (χ1v) is 8.30. The number of fused-ring (bicyclic) bond motifs is 1. The standard InChI is InChI=1S/C16H29NO2/c18-15-7-2-1-5-13(15)11-17-10-9-16(19)8-4-3-6-14(16)12-17/h13-15,18-19H,1-12H2. The smallest absolute Gasteiger partial charge is 0.0700 e. The summed E-state index contributed by atoms with van der Waals surface area (Å²) in [5.41, 5.74) is -0.361. The first-order valence-electron chi connectivity index (χ1n) is 8.30. The summed E-state index contributed by atoms with van der Waals surface area (Å²) in [5.74, 6) is 0.958. The van der Waals surface area contributed by atoms with E-state index in [2.05, 4.69) is 4.90 Å². The summed E-state index contributed by atoms with van der Waals surface area (Å²) < 4.78 is 0. The Morgan fingerprint density at radius 3 is 2.63 bits per heavy atom. The van der Waals surface area contributed by atoms with Crippen LogP contribution in [0.2, 0.25) is 0 Å². The Bertz CT molecular complexity index is 307. The third-order valence-electron chi connectivity index (χ3n) is 5.87. The van der Waals surface area contributed by atoms with Crippen LogP contribution in [0, 0.1) is 11.8 Å². The molecule has 1 aliphatic heterocycles. The molecule has 3 fully saturated rings. The number of piperidine rings is 1. The van der Waals surface area contributed by atoms with Crippen LogP contribution in [0.3, 0.4) is 0 Å². The Morgan fingerprint density at radius 2 is 1.79 bits per heavy atom. The fourth-order valence-electron chi connectivity index (χ4n) is 4.54. The number of aliphatic hydroxyl groups excluding tert-OH is 1. The molecule has 0 aromatic rings. The van der Waals surface area contributed by atoms with Crippen LogP contribution >= 0.6 is 0 Å². The van der Waals surface area contributed by atoms with E-state index in [1.54, 1.807) is 0 Å². The van der Waals surface area contributed by atoms with Gasteiger partial charge in [-0.3, -0.25) is 0 Å². The lowest BCUT2D eigenvalue weighted by Gasteiger charge is -2.48. The predicted octanol–water partition coefficient (Wildman–Crippen LogP) is 2.16. The van der Waals surface area contributed by atoms with Crippen LogP contribution in [-0.4, -0.2) is 46.5 Å². The monoisotopic (exact) mass is 267 g/mol. The minimum Gasteiger partial charge on any atom is -0.393 e. The molecule has 4 atom stereocenters. The lowest BCUT2D eigenvalue weighted by Crippen LogP contribution is -2.54. The van der Waals surface area contributed by atoms with Gasteiger partial charge in [-0.2, -0.15) is 0 Å². The van der Waals surface area contributed by atoms with Gasteiger partial charge in [0.1, 0.15) is 0 Å². The highest BCUT2D eigenvalue weighted by Crippen LogP contribution is 2.40. The van der Waals surface area contributed by atoms with Gasteiger partial charge in [-0.25, -0.2) is 0 Å². The largest absolute Gasteiger partial charge is 0.393 e. The fourth-order valence-corrected chi connectivity index (χ4v) is 4.54. The molecular formula is C16H29NO2. The number of hydrogen-bond donors (Lipinski definition) is 2. The van der Waals surface area contributed by atoms with Gasteiger partial charge in [-0.05, 0) is 38.0 Å². The molecule has 1 heterocycles. The third kappa shape index (κ3) is 2.98. The Morgan fingerprint density at radius 1 is 1.00 bits per heavy atom. The van der Waals surface area contributed by atoms with E-state index in [1.807, 2.05) is 0 Å². The maximum absolute atomic E-state index is 10.7. The number of likely N-dealkylation sites (tertiary alicyclic amines) is 1. The van der Waals surface area contributed by atoms with Gasteiger partial charge in [0, 0.05) is 25.6 Å². The second kappa shape index (κ2) is 5.71. The molecule has 3 rings (SSSR count). The van der Waals surface area contributed by atoms with Crippen molar-refractivity contribution in [1.29, 1.82) is 0 Å². The van der Waals surface area contributed by atoms with Crippen LogP contribution in [0.5, 0.6) is 0 Å². The van der Waals surface area contributed by atoms with Crippen LogP contribution in [0.15, 0.2) is 0 Å². The predicted molar refractivity (Wildman–Crippen MR) is 75.9 cm³/mol. The van der Waals surface area contributed by atoms with Gasteiger partial charge in [0.25, 0.3) is 0 Å². The minimum absolute atomic E-state index is 0.0825. The maximum atomic E-state index is 10.7. The molecular weight excluding hydrogens is 238 g/mol. The molecule has 2 N–H and O–H groups in total. The van der Waals surface area contributed by atoms with Gasteiger partial charge >= 0.3 is 0 Å². The number of aliphatic hydroxyl groups is 2. The molecule has 0 aromatic heterocycles. The van der Waals surface area contributed by atoms with E-state index in [0.717, 1.165) is 38.9 Å². The molecule has 4 unspecified atom stereocenters. The summed E-state index contributed by atoms with van der Waals surface area (Å²) in [6.07, 6.45) is 10.2. The highest BCUT2D eigenvalue weighted by Gasteiger charge is 2.43. The van der Waals surface area contributed by atoms with Gasteiger partial charge < -0.3 is 15.1 Å². The van der Waals surface area contributed by atoms with Gasteiger partial charge in [-0.15, -0.1) is 0 Å². The average Bonchev–Trinajstić information content (AvgIpc) is 2.41. The van der Waals surface area contributed by atoms with Gasteiger partial charge in [0.15, 0.2) is 0 Å². The topological polar surface area (TPSA) is 43.7 Å². The van der Waals surface area contributed by atoms with Crippen LogP contribution in [0.1, 0.15) is 57.8 Å². The average molecular weight is 267 g/mol. The van der Waals surface area contributed by atoms with E-state index in [0.29, 0.717) is 11.8 Å². The lowest BCUT2D eigenvalue weighted by molar-refractivity contribution is -0.101. The summed E-state index contributed by atoms with van der Waals surface area (Å²) in [4.78, 5) is 2.52. The second-order valence-corrected chi connectivity index (χ2v) is 7.17. The van der Waals surface area contributed by atoms with Crippen molar-refractivity contribution >= 4 is 0 Å². The second-order valence-electron chi connectivity index (χ2n) is 7.17. The summed E-state index contributed by atoms with van der Waals surface area (Å²) in [7, 11) is 0. The summed E-state index contributed by atoms with van der Waals surface area (Å²) in [6, 6.07) is 0. The molecule has 19 heavy (non-hydrogen) atoms. The molecule has 0 spiro atoms. The SMILES string of the molecule is OC1CCCCC1CN1CCC2(O)CCCCC2C1. The minimum atomic E-state index is -0.361. The van der Waals surface area contributed by atoms with Crippen molar-refractivity contribution in [2.75, 3.05) is 19.6 Å². The first kappa shape index (κ1) is 13.8. The number of nitrogens with zero attached hydrogens (tertiary/aromatic N) is 1. The van der Waals surface area contributed by atoms with Crippen LogP contribution < -0.4 is 0 Å². The number of hydrogen-bond acceptors (Lipinski definition) is 3. The molecule has 0 amide bonds. The van der Waals surface area contributed by atoms with E-state index < -0.39 is 0 Å². The summed E-state index contributed by atoms with van der Waals surface area (Å²) >= 11 is 0. The van der Waals surface area contributed by atoms with E-state index in [-0.39, 0.29) is 11.7 Å². The molecule has 3 aliphatic rings. The molecule has 0 radical (unpaired) electrons. The van der Waals surface area contributed by atoms with Crippen LogP contribution in [0.25, 0.3) is 0 Å². The highest BCUT2D eigenvalue weighted by molar-refractivity contribution is 4.96. The molecule has 3 nitrogen and oxygen atoms in total. The molecule has 3 heteroatoms. The molecule has 2 aliphatic carbocycles. The Hall–Kier alpha value is -0.120. The lowest BCUT2D eigenvalue weighted by atomic mass is 9.71. The summed E-state index contributed by atoms with van der Waals surface area (Å²) in [5, 5.41) is 20.8. The molecule has 0 aromatic carbocycles. The molecule has 1 saturated heterocycles. The van der Waals surface area contributed by atoms with Crippen molar-refractivity contribution in [3.8, 4) is 0 Å². The Balaban J connectivity index is 1.55. The Kier molecular flexibility index (Phi) is 4.16. The van der Waals surface area contributed by atoms with Gasteiger partial charge in [0.2, 0.25) is 0 Å². The van der Waals surface area contributed by atoms with Crippen molar-refractivity contribution in [3.63, 3.8) is 0 Å². The van der Waals surface area contributed by atoms with E-state index >= 15 is 0 Å². The van der Waals surface area contributed by atoms with Crippen molar-refractivity contribution in [1.82, 2.24) is 4.90 Å². The van der Waals surface area contributed by atoms with E-state index in [1.165, 1.54) is 38.5 Å².